The fourth-order valence-corrected chi connectivity index (χ4v) is 3.58. The van der Waals surface area contributed by atoms with Crippen molar-refractivity contribution in [1.29, 1.82) is 0 Å². The number of nitrogens with one attached hydrogen (secondary N) is 1. The summed E-state index contributed by atoms with van der Waals surface area (Å²) in [5.74, 6) is 1.27. The number of carbonyl (C=O) groups is 2. The lowest BCUT2D eigenvalue weighted by Crippen LogP contribution is -2.48. The lowest BCUT2D eigenvalue weighted by molar-refractivity contribution is -0.119. The van der Waals surface area contributed by atoms with Gasteiger partial charge in [0.15, 0.2) is 0 Å². The number of rotatable bonds is 4. The maximum Gasteiger partial charge on any atom is 0.272 e. The minimum absolute atomic E-state index is 0.0834. The molecule has 3 rings (SSSR count). The minimum Gasteiger partial charge on any atom is -0.367 e. The molecule has 2 heterocycles. The van der Waals surface area contributed by atoms with Crippen molar-refractivity contribution in [2.45, 2.75) is 51.5 Å². The Morgan fingerprint density at radius 2 is 1.80 bits per heavy atom. The summed E-state index contributed by atoms with van der Waals surface area (Å²) < 4.78 is 0. The summed E-state index contributed by atoms with van der Waals surface area (Å²) in [6.45, 7) is 4.07. The van der Waals surface area contributed by atoms with E-state index >= 15 is 0 Å². The van der Waals surface area contributed by atoms with Crippen LogP contribution in [-0.4, -0.2) is 64.3 Å². The zero-order valence-corrected chi connectivity index (χ0v) is 14.9. The molecule has 1 saturated carbocycles. The monoisotopic (exact) mass is 345 g/mol. The second kappa shape index (κ2) is 8.27. The molecule has 0 aromatic carbocycles. The molecular formula is C18H27N5O2. The molecule has 25 heavy (non-hydrogen) atoms. The molecule has 0 atom stereocenters. The lowest BCUT2D eigenvalue weighted by atomic mass is 10.1. The first-order chi connectivity index (χ1) is 12.2. The number of hydrogen-bond donors (Lipinski definition) is 1. The normalized spacial score (nSPS) is 19.4. The van der Waals surface area contributed by atoms with Gasteiger partial charge in [0.05, 0.1) is 0 Å². The molecule has 1 aromatic heterocycles. The molecular weight excluding hydrogens is 318 g/mol. The van der Waals surface area contributed by atoms with Crippen LogP contribution < -0.4 is 5.32 Å². The third-order valence-corrected chi connectivity index (χ3v) is 5.01. The van der Waals surface area contributed by atoms with Crippen molar-refractivity contribution in [2.24, 2.45) is 0 Å². The topological polar surface area (TPSA) is 78.4 Å². The second-order valence-corrected chi connectivity index (χ2v) is 6.95. The molecule has 136 valence electrons. The van der Waals surface area contributed by atoms with Gasteiger partial charge in [-0.15, -0.1) is 0 Å². The Morgan fingerprint density at radius 1 is 1.12 bits per heavy atom. The summed E-state index contributed by atoms with van der Waals surface area (Å²) in [4.78, 5) is 35.8. The summed E-state index contributed by atoms with van der Waals surface area (Å²) in [6, 6.07) is 2.20. The van der Waals surface area contributed by atoms with E-state index < -0.39 is 0 Å². The van der Waals surface area contributed by atoms with Crippen molar-refractivity contribution in [3.05, 3.63) is 17.6 Å². The summed E-state index contributed by atoms with van der Waals surface area (Å²) in [7, 11) is 0. The molecule has 1 aromatic rings. The first kappa shape index (κ1) is 17.6. The largest absolute Gasteiger partial charge is 0.367 e. The molecule has 0 unspecified atom stereocenters. The molecule has 7 heteroatoms. The molecule has 7 nitrogen and oxygen atoms in total. The van der Waals surface area contributed by atoms with E-state index in [0.717, 1.165) is 25.1 Å². The van der Waals surface area contributed by atoms with Crippen LogP contribution >= 0.6 is 0 Å². The number of amides is 2. The number of nitrogens with zero attached hydrogens (tertiary/aromatic N) is 4. The Hall–Kier alpha value is -2.18. The Kier molecular flexibility index (Phi) is 5.83. The lowest BCUT2D eigenvalue weighted by Gasteiger charge is -2.32. The molecule has 1 N–H and O–H groups in total. The van der Waals surface area contributed by atoms with Gasteiger partial charge in [0, 0.05) is 38.3 Å². The maximum absolute atomic E-state index is 12.7. The van der Waals surface area contributed by atoms with Gasteiger partial charge >= 0.3 is 0 Å². The summed E-state index contributed by atoms with van der Waals surface area (Å²) in [6.07, 6.45) is 8.24. The van der Waals surface area contributed by atoms with Crippen LogP contribution in [0.25, 0.3) is 0 Å². The zero-order valence-electron chi connectivity index (χ0n) is 14.9. The molecule has 1 aliphatic heterocycles. The van der Waals surface area contributed by atoms with Crippen LogP contribution in [0.5, 0.6) is 0 Å². The molecule has 1 aliphatic carbocycles. The van der Waals surface area contributed by atoms with E-state index in [-0.39, 0.29) is 5.91 Å². The average molecular weight is 345 g/mol. The van der Waals surface area contributed by atoms with Crippen LogP contribution in [0.1, 0.15) is 54.8 Å². The molecule has 2 fully saturated rings. The number of carbonyl (C=O) groups excluding carboxylic acids is 2. The van der Waals surface area contributed by atoms with Crippen molar-refractivity contribution in [1.82, 2.24) is 19.8 Å². The van der Waals surface area contributed by atoms with Crippen molar-refractivity contribution < 1.29 is 9.59 Å². The quantitative estimate of drug-likeness (QED) is 0.665. The Morgan fingerprint density at radius 3 is 2.44 bits per heavy atom. The second-order valence-electron chi connectivity index (χ2n) is 6.95. The van der Waals surface area contributed by atoms with E-state index in [0.29, 0.717) is 43.7 Å². The third-order valence-electron chi connectivity index (χ3n) is 5.01. The highest BCUT2D eigenvalue weighted by Crippen LogP contribution is 2.21. The fraction of sp³-hybridized carbons (Fsp3) is 0.667. The number of hydrogen-bond acceptors (Lipinski definition) is 5. The predicted molar refractivity (Wildman–Crippen MR) is 95.4 cm³/mol. The average Bonchev–Trinajstić information content (AvgIpc) is 2.89. The van der Waals surface area contributed by atoms with Gasteiger partial charge in [-0.05, 0) is 19.8 Å². The molecule has 2 amide bonds. The molecule has 0 bridgehead atoms. The van der Waals surface area contributed by atoms with Crippen molar-refractivity contribution in [3.63, 3.8) is 0 Å². The van der Waals surface area contributed by atoms with Crippen LogP contribution in [0.4, 0.5) is 5.82 Å². The Balaban J connectivity index is 1.68. The zero-order chi connectivity index (χ0) is 17.6. The third kappa shape index (κ3) is 4.67. The predicted octanol–water partition coefficient (Wildman–Crippen LogP) is 1.83. The SMILES string of the molecule is Cc1nc(NC2CCCCCC2)cc(C(=O)N2CCN(C=O)CC2)n1. The summed E-state index contributed by atoms with van der Waals surface area (Å²) in [5.41, 5.74) is 0.433. The first-order valence-corrected chi connectivity index (χ1v) is 9.26. The Bertz CT molecular complexity index is 605. The smallest absolute Gasteiger partial charge is 0.272 e. The van der Waals surface area contributed by atoms with E-state index in [9.17, 15) is 9.59 Å². The summed E-state index contributed by atoms with van der Waals surface area (Å²) in [5, 5.41) is 3.50. The van der Waals surface area contributed by atoms with Gasteiger partial charge in [-0.1, -0.05) is 25.7 Å². The van der Waals surface area contributed by atoms with E-state index in [1.165, 1.54) is 25.7 Å². The van der Waals surface area contributed by atoms with Crippen molar-refractivity contribution >= 4 is 18.1 Å². The van der Waals surface area contributed by atoms with Crippen LogP contribution in [0.15, 0.2) is 6.07 Å². The molecule has 0 radical (unpaired) electrons. The van der Waals surface area contributed by atoms with Crippen LogP contribution in [0, 0.1) is 6.92 Å². The highest BCUT2D eigenvalue weighted by atomic mass is 16.2. The molecule has 2 aliphatic rings. The van der Waals surface area contributed by atoms with Crippen molar-refractivity contribution in [2.75, 3.05) is 31.5 Å². The maximum atomic E-state index is 12.7. The van der Waals surface area contributed by atoms with E-state index in [1.807, 2.05) is 6.92 Å². The van der Waals surface area contributed by atoms with Gasteiger partial charge in [0.2, 0.25) is 6.41 Å². The van der Waals surface area contributed by atoms with Gasteiger partial charge in [-0.3, -0.25) is 9.59 Å². The van der Waals surface area contributed by atoms with Crippen LogP contribution in [0.2, 0.25) is 0 Å². The Labute approximate surface area is 148 Å². The molecule has 0 spiro atoms. The van der Waals surface area contributed by atoms with E-state index in [4.69, 9.17) is 0 Å². The van der Waals surface area contributed by atoms with Gasteiger partial charge in [-0.25, -0.2) is 9.97 Å². The fourth-order valence-electron chi connectivity index (χ4n) is 3.58. The summed E-state index contributed by atoms with van der Waals surface area (Å²) >= 11 is 0. The first-order valence-electron chi connectivity index (χ1n) is 9.26. The van der Waals surface area contributed by atoms with E-state index in [2.05, 4.69) is 15.3 Å². The number of anilines is 1. The van der Waals surface area contributed by atoms with Gasteiger partial charge in [0.1, 0.15) is 17.3 Å². The van der Waals surface area contributed by atoms with Crippen LogP contribution in [0.3, 0.4) is 0 Å². The number of piperazine rings is 1. The highest BCUT2D eigenvalue weighted by Gasteiger charge is 2.23. The van der Waals surface area contributed by atoms with Gasteiger partial charge in [0.25, 0.3) is 5.91 Å². The molecule has 1 saturated heterocycles. The minimum atomic E-state index is -0.0834. The van der Waals surface area contributed by atoms with Crippen molar-refractivity contribution in [3.8, 4) is 0 Å². The van der Waals surface area contributed by atoms with Gasteiger partial charge in [-0.2, -0.15) is 0 Å². The number of aryl methyl sites for hydroxylation is 1. The highest BCUT2D eigenvalue weighted by molar-refractivity contribution is 5.93. The van der Waals surface area contributed by atoms with Crippen LogP contribution in [-0.2, 0) is 4.79 Å². The van der Waals surface area contributed by atoms with E-state index in [1.54, 1.807) is 15.9 Å². The number of aromatic nitrogens is 2. The standard InChI is InChI=1S/C18H27N5O2/c1-14-19-16(18(25)23-10-8-22(13-24)9-11-23)12-17(20-14)21-15-6-4-2-3-5-7-15/h12-13,15H,2-11H2,1H3,(H,19,20,21). The van der Waals surface area contributed by atoms with Gasteiger partial charge < -0.3 is 15.1 Å².